The number of carbonyl (C=O) groups excluding carboxylic acids is 1. The number of rotatable bonds is 7. The maximum absolute atomic E-state index is 12.3. The number of nitrogens with one attached hydrogen (secondary N) is 2. The first-order chi connectivity index (χ1) is 12.4. The highest BCUT2D eigenvalue weighted by Crippen LogP contribution is 2.25. The molecule has 0 aliphatic heterocycles. The number of benzene rings is 2. The zero-order valence-corrected chi connectivity index (χ0v) is 15.8. The molecule has 0 spiro atoms. The summed E-state index contributed by atoms with van der Waals surface area (Å²) >= 11 is 0. The molecule has 2 N–H and O–H groups in total. The number of ether oxygens (including phenoxy) is 2. The van der Waals surface area contributed by atoms with Crippen LogP contribution in [0.15, 0.2) is 47.6 Å². The lowest BCUT2D eigenvalue weighted by Gasteiger charge is -2.14. The van der Waals surface area contributed by atoms with Gasteiger partial charge in [-0.15, -0.1) is 0 Å². The lowest BCUT2D eigenvalue weighted by molar-refractivity contribution is -0.121. The topological polar surface area (TPSA) is 72.0 Å². The van der Waals surface area contributed by atoms with E-state index in [4.69, 9.17) is 9.47 Å². The first-order valence-electron chi connectivity index (χ1n) is 8.34. The third kappa shape index (κ3) is 4.99. The van der Waals surface area contributed by atoms with Crippen LogP contribution in [0, 0.1) is 6.92 Å². The number of nitrogens with zero attached hydrogens (tertiary/aromatic N) is 1. The lowest BCUT2D eigenvalue weighted by Crippen LogP contribution is -2.35. The van der Waals surface area contributed by atoms with Gasteiger partial charge in [0.25, 0.3) is 5.91 Å². The summed E-state index contributed by atoms with van der Waals surface area (Å²) in [6.45, 7) is 5.60. The van der Waals surface area contributed by atoms with Crippen molar-refractivity contribution in [3.63, 3.8) is 0 Å². The van der Waals surface area contributed by atoms with Crippen LogP contribution in [0.25, 0.3) is 0 Å². The third-order valence-corrected chi connectivity index (χ3v) is 3.93. The summed E-state index contributed by atoms with van der Waals surface area (Å²) < 4.78 is 10.6. The molecule has 0 unspecified atom stereocenters. The molecule has 2 aromatic carbocycles. The molecule has 1 atom stereocenters. The van der Waals surface area contributed by atoms with Gasteiger partial charge in [-0.25, -0.2) is 5.43 Å². The highest BCUT2D eigenvalue weighted by Gasteiger charge is 2.13. The quantitative estimate of drug-likeness (QED) is 0.590. The Morgan fingerprint density at radius 3 is 2.54 bits per heavy atom. The zero-order valence-electron chi connectivity index (χ0n) is 15.8. The van der Waals surface area contributed by atoms with Crippen molar-refractivity contribution < 1.29 is 14.3 Å². The second kappa shape index (κ2) is 8.89. The Morgan fingerprint density at radius 1 is 1.12 bits per heavy atom. The van der Waals surface area contributed by atoms with Gasteiger partial charge in [0.2, 0.25) is 0 Å². The van der Waals surface area contributed by atoms with E-state index < -0.39 is 6.04 Å². The van der Waals surface area contributed by atoms with E-state index in [0.29, 0.717) is 17.2 Å². The molecule has 2 aromatic rings. The average Bonchev–Trinajstić information content (AvgIpc) is 2.65. The molecule has 6 nitrogen and oxygen atoms in total. The molecule has 1 amide bonds. The number of hydrogen-bond donors (Lipinski definition) is 2. The van der Waals surface area contributed by atoms with E-state index in [1.165, 1.54) is 0 Å². The monoisotopic (exact) mass is 355 g/mol. The average molecular weight is 355 g/mol. The standard InChI is InChI=1S/C20H25N3O3/c1-13-7-6-8-16(11-13)21-15(3)20(24)23-22-14(2)18-10-9-17(25-4)12-19(18)26-5/h6-12,15,21H,1-5H3,(H,23,24)/t15-/m1/s1. The van der Waals surface area contributed by atoms with Gasteiger partial charge in [0.05, 0.1) is 19.9 Å². The highest BCUT2D eigenvalue weighted by molar-refractivity contribution is 6.02. The molecular formula is C20H25N3O3. The van der Waals surface area contributed by atoms with Crippen LogP contribution in [0.3, 0.4) is 0 Å². The van der Waals surface area contributed by atoms with E-state index >= 15 is 0 Å². The van der Waals surface area contributed by atoms with E-state index in [1.807, 2.05) is 50.2 Å². The Morgan fingerprint density at radius 2 is 1.88 bits per heavy atom. The molecule has 138 valence electrons. The van der Waals surface area contributed by atoms with Crippen LogP contribution in [0.4, 0.5) is 5.69 Å². The summed E-state index contributed by atoms with van der Waals surface area (Å²) in [5.74, 6) is 1.10. The molecule has 6 heteroatoms. The van der Waals surface area contributed by atoms with Crippen LogP contribution in [0.1, 0.15) is 25.0 Å². The van der Waals surface area contributed by atoms with Crippen molar-refractivity contribution in [2.45, 2.75) is 26.8 Å². The number of hydrogen-bond acceptors (Lipinski definition) is 5. The first kappa shape index (κ1) is 19.3. The fraction of sp³-hybridized carbons (Fsp3) is 0.300. The number of aryl methyl sites for hydroxylation is 1. The predicted octanol–water partition coefficient (Wildman–Crippen LogP) is 3.35. The molecule has 0 radical (unpaired) electrons. The van der Waals surface area contributed by atoms with Crippen molar-refractivity contribution in [2.75, 3.05) is 19.5 Å². The van der Waals surface area contributed by atoms with E-state index in [-0.39, 0.29) is 5.91 Å². The Hall–Kier alpha value is -3.02. The van der Waals surface area contributed by atoms with Crippen molar-refractivity contribution in [3.8, 4) is 11.5 Å². The molecule has 26 heavy (non-hydrogen) atoms. The van der Waals surface area contributed by atoms with E-state index in [1.54, 1.807) is 27.2 Å². The van der Waals surface area contributed by atoms with Crippen LogP contribution in [-0.2, 0) is 4.79 Å². The summed E-state index contributed by atoms with van der Waals surface area (Å²) in [5.41, 5.74) is 6.04. The van der Waals surface area contributed by atoms with Gasteiger partial charge in [0.1, 0.15) is 17.5 Å². The molecule has 0 bridgehead atoms. The van der Waals surface area contributed by atoms with Crippen molar-refractivity contribution in [3.05, 3.63) is 53.6 Å². The van der Waals surface area contributed by atoms with Crippen molar-refractivity contribution in [1.82, 2.24) is 5.43 Å². The first-order valence-corrected chi connectivity index (χ1v) is 8.34. The minimum Gasteiger partial charge on any atom is -0.497 e. The Balaban J connectivity index is 2.04. The third-order valence-electron chi connectivity index (χ3n) is 3.93. The SMILES string of the molecule is COc1ccc(C(C)=NNC(=O)[C@@H](C)Nc2cccc(C)c2)c(OC)c1. The molecule has 0 aliphatic carbocycles. The lowest BCUT2D eigenvalue weighted by atomic mass is 10.1. The molecular weight excluding hydrogens is 330 g/mol. The zero-order chi connectivity index (χ0) is 19.1. The fourth-order valence-corrected chi connectivity index (χ4v) is 2.44. The Kier molecular flexibility index (Phi) is 6.60. The maximum atomic E-state index is 12.3. The van der Waals surface area contributed by atoms with Crippen molar-refractivity contribution >= 4 is 17.3 Å². The van der Waals surface area contributed by atoms with Crippen LogP contribution in [0.5, 0.6) is 11.5 Å². The molecule has 0 saturated heterocycles. The second-order valence-corrected chi connectivity index (χ2v) is 5.97. The summed E-state index contributed by atoms with van der Waals surface area (Å²) in [4.78, 5) is 12.3. The van der Waals surface area contributed by atoms with Gasteiger partial charge in [0.15, 0.2) is 0 Å². The normalized spacial score (nSPS) is 12.3. The Bertz CT molecular complexity index is 803. The predicted molar refractivity (Wildman–Crippen MR) is 104 cm³/mol. The molecule has 0 aliphatic rings. The summed E-state index contributed by atoms with van der Waals surface area (Å²) in [6, 6.07) is 12.9. The largest absolute Gasteiger partial charge is 0.497 e. The maximum Gasteiger partial charge on any atom is 0.262 e. The van der Waals surface area contributed by atoms with E-state index in [0.717, 1.165) is 16.8 Å². The highest BCUT2D eigenvalue weighted by atomic mass is 16.5. The number of hydrazone groups is 1. The molecule has 2 rings (SSSR count). The van der Waals surface area contributed by atoms with Crippen LogP contribution >= 0.6 is 0 Å². The number of methoxy groups -OCH3 is 2. The van der Waals surface area contributed by atoms with E-state index in [2.05, 4.69) is 15.8 Å². The number of carbonyl (C=O) groups is 1. The Labute approximate surface area is 154 Å². The van der Waals surface area contributed by atoms with Gasteiger partial charge >= 0.3 is 0 Å². The number of anilines is 1. The van der Waals surface area contributed by atoms with Crippen LogP contribution < -0.4 is 20.2 Å². The van der Waals surface area contributed by atoms with Crippen LogP contribution in [0.2, 0.25) is 0 Å². The van der Waals surface area contributed by atoms with Crippen molar-refractivity contribution in [2.24, 2.45) is 5.10 Å². The molecule has 0 fully saturated rings. The second-order valence-electron chi connectivity index (χ2n) is 5.97. The summed E-state index contributed by atoms with van der Waals surface area (Å²) in [5, 5.41) is 7.36. The van der Waals surface area contributed by atoms with Gasteiger partial charge in [-0.1, -0.05) is 12.1 Å². The molecule has 0 heterocycles. The van der Waals surface area contributed by atoms with Gasteiger partial charge in [-0.05, 0) is 50.6 Å². The van der Waals surface area contributed by atoms with Gasteiger partial charge in [0, 0.05) is 17.3 Å². The van der Waals surface area contributed by atoms with Gasteiger partial charge in [-0.2, -0.15) is 5.10 Å². The minimum atomic E-state index is -0.425. The number of amides is 1. The van der Waals surface area contributed by atoms with Crippen molar-refractivity contribution in [1.29, 1.82) is 0 Å². The van der Waals surface area contributed by atoms with E-state index in [9.17, 15) is 4.79 Å². The van der Waals surface area contributed by atoms with Crippen LogP contribution in [-0.4, -0.2) is 31.9 Å². The summed E-state index contributed by atoms with van der Waals surface area (Å²) in [6.07, 6.45) is 0. The smallest absolute Gasteiger partial charge is 0.262 e. The molecule has 0 saturated carbocycles. The minimum absolute atomic E-state index is 0.224. The van der Waals surface area contributed by atoms with Gasteiger partial charge < -0.3 is 14.8 Å². The molecule has 0 aromatic heterocycles. The summed E-state index contributed by atoms with van der Waals surface area (Å²) in [7, 11) is 3.18. The van der Waals surface area contributed by atoms with Gasteiger partial charge in [-0.3, -0.25) is 4.79 Å². The fourth-order valence-electron chi connectivity index (χ4n) is 2.44.